The highest BCUT2D eigenvalue weighted by molar-refractivity contribution is 5.90. The molecular weight excluding hydrogens is 140 g/mol. The van der Waals surface area contributed by atoms with Gasteiger partial charge in [-0.05, 0) is 12.3 Å². The van der Waals surface area contributed by atoms with Crippen LogP contribution >= 0.6 is 0 Å². The van der Waals surface area contributed by atoms with Crippen LogP contribution in [0.5, 0.6) is 0 Å². The molecule has 11 heavy (non-hydrogen) atoms. The fourth-order valence-electron chi connectivity index (χ4n) is 1.77. The van der Waals surface area contributed by atoms with Gasteiger partial charge in [0.05, 0.1) is 7.11 Å². The van der Waals surface area contributed by atoms with Crippen LogP contribution in [-0.4, -0.2) is 13.1 Å². The van der Waals surface area contributed by atoms with E-state index in [0.717, 1.165) is 12.0 Å². The standard InChI is InChI=1S/C9H10O2/c1-11-9(10)8-5-6-2-3-7(8)4-6/h2-3,5-7H,4H2,1H3/t6-,7+/m1/s1. The zero-order valence-corrected chi connectivity index (χ0v) is 6.41. The lowest BCUT2D eigenvalue weighted by molar-refractivity contribution is -0.136. The molecule has 2 rings (SSSR count). The Morgan fingerprint density at radius 1 is 1.64 bits per heavy atom. The summed E-state index contributed by atoms with van der Waals surface area (Å²) in [5, 5.41) is 0. The molecule has 2 atom stereocenters. The van der Waals surface area contributed by atoms with E-state index in [9.17, 15) is 4.79 Å². The van der Waals surface area contributed by atoms with Crippen LogP contribution in [-0.2, 0) is 9.53 Å². The second-order valence-electron chi connectivity index (χ2n) is 3.00. The van der Waals surface area contributed by atoms with Crippen molar-refractivity contribution in [3.8, 4) is 0 Å². The number of methoxy groups -OCH3 is 1. The second-order valence-corrected chi connectivity index (χ2v) is 3.00. The molecular formula is C9H10O2. The Balaban J connectivity index is 2.19. The molecule has 58 valence electrons. The second kappa shape index (κ2) is 2.22. The minimum absolute atomic E-state index is 0.165. The van der Waals surface area contributed by atoms with Crippen molar-refractivity contribution in [3.05, 3.63) is 23.8 Å². The lowest BCUT2D eigenvalue weighted by Gasteiger charge is -2.05. The van der Waals surface area contributed by atoms with Crippen molar-refractivity contribution in [1.82, 2.24) is 0 Å². The Labute approximate surface area is 65.5 Å². The normalized spacial score (nSPS) is 32.3. The lowest BCUT2D eigenvalue weighted by atomic mass is 10.0. The maximum Gasteiger partial charge on any atom is 0.334 e. The SMILES string of the molecule is COC(=O)C1=C[C@@H]2C=C[C@H]1C2. The molecule has 0 aromatic heterocycles. The highest BCUT2D eigenvalue weighted by atomic mass is 16.5. The van der Waals surface area contributed by atoms with Crippen molar-refractivity contribution < 1.29 is 9.53 Å². The van der Waals surface area contributed by atoms with E-state index in [4.69, 9.17) is 0 Å². The number of allylic oxidation sites excluding steroid dienone is 3. The lowest BCUT2D eigenvalue weighted by Crippen LogP contribution is -2.09. The van der Waals surface area contributed by atoms with E-state index in [-0.39, 0.29) is 5.97 Å². The van der Waals surface area contributed by atoms with Gasteiger partial charge in [0.25, 0.3) is 0 Å². The number of carbonyl (C=O) groups is 1. The fraction of sp³-hybridized carbons (Fsp3) is 0.444. The summed E-state index contributed by atoms with van der Waals surface area (Å²) in [6, 6.07) is 0. The van der Waals surface area contributed by atoms with Gasteiger partial charge in [-0.15, -0.1) is 0 Å². The molecule has 0 spiro atoms. The molecule has 2 aliphatic rings. The van der Waals surface area contributed by atoms with Crippen LogP contribution in [0.1, 0.15) is 6.42 Å². The molecule has 2 aliphatic carbocycles. The number of esters is 1. The predicted molar refractivity (Wildman–Crippen MR) is 40.8 cm³/mol. The molecule has 0 heterocycles. The molecule has 2 nitrogen and oxygen atoms in total. The summed E-state index contributed by atoms with van der Waals surface area (Å²) in [6.07, 6.45) is 7.33. The van der Waals surface area contributed by atoms with Crippen LogP contribution in [0.3, 0.4) is 0 Å². The molecule has 2 heteroatoms. The van der Waals surface area contributed by atoms with Crippen LogP contribution in [0.25, 0.3) is 0 Å². The van der Waals surface area contributed by atoms with Crippen molar-refractivity contribution >= 4 is 5.97 Å². The molecule has 0 saturated carbocycles. The van der Waals surface area contributed by atoms with Crippen LogP contribution in [0.2, 0.25) is 0 Å². The van der Waals surface area contributed by atoms with Gasteiger partial charge in [-0.1, -0.05) is 18.2 Å². The molecule has 0 amide bonds. The summed E-state index contributed by atoms with van der Waals surface area (Å²) < 4.78 is 4.65. The maximum absolute atomic E-state index is 11.1. The highest BCUT2D eigenvalue weighted by Gasteiger charge is 2.32. The number of hydrogen-bond acceptors (Lipinski definition) is 2. The average Bonchev–Trinajstić information content (AvgIpc) is 2.62. The quantitative estimate of drug-likeness (QED) is 0.416. The van der Waals surface area contributed by atoms with E-state index >= 15 is 0 Å². The minimum Gasteiger partial charge on any atom is -0.466 e. The van der Waals surface area contributed by atoms with Crippen LogP contribution in [0.15, 0.2) is 23.8 Å². The molecule has 0 aromatic rings. The summed E-state index contributed by atoms with van der Waals surface area (Å²) in [5.74, 6) is 0.670. The molecule has 0 radical (unpaired) electrons. The number of ether oxygens (including phenoxy) is 1. The highest BCUT2D eigenvalue weighted by Crippen LogP contribution is 2.38. The van der Waals surface area contributed by atoms with Crippen LogP contribution < -0.4 is 0 Å². The number of hydrogen-bond donors (Lipinski definition) is 0. The average molecular weight is 150 g/mol. The first-order valence-corrected chi connectivity index (χ1v) is 3.79. The molecule has 0 aromatic carbocycles. The third-order valence-electron chi connectivity index (χ3n) is 2.33. The Hall–Kier alpha value is -1.05. The molecule has 0 aliphatic heterocycles. The Kier molecular flexibility index (Phi) is 1.34. The first-order valence-electron chi connectivity index (χ1n) is 3.79. The first kappa shape index (κ1) is 6.65. The van der Waals surface area contributed by atoms with Crippen LogP contribution in [0.4, 0.5) is 0 Å². The van der Waals surface area contributed by atoms with Gasteiger partial charge >= 0.3 is 5.97 Å². The minimum atomic E-state index is -0.165. The van der Waals surface area contributed by atoms with E-state index in [1.165, 1.54) is 7.11 Å². The third-order valence-corrected chi connectivity index (χ3v) is 2.33. The Morgan fingerprint density at radius 2 is 2.45 bits per heavy atom. The van der Waals surface area contributed by atoms with Gasteiger partial charge in [0.1, 0.15) is 0 Å². The van der Waals surface area contributed by atoms with Crippen molar-refractivity contribution in [2.75, 3.05) is 7.11 Å². The van der Waals surface area contributed by atoms with Crippen molar-refractivity contribution in [2.45, 2.75) is 6.42 Å². The first-order chi connectivity index (χ1) is 5.31. The monoisotopic (exact) mass is 150 g/mol. The van der Waals surface area contributed by atoms with Crippen LogP contribution in [0, 0.1) is 11.8 Å². The van der Waals surface area contributed by atoms with Crippen molar-refractivity contribution in [1.29, 1.82) is 0 Å². The Bertz CT molecular complexity index is 250. The van der Waals surface area contributed by atoms with E-state index in [2.05, 4.69) is 16.9 Å². The number of rotatable bonds is 1. The summed E-state index contributed by atoms with van der Waals surface area (Å²) in [4.78, 5) is 11.1. The van der Waals surface area contributed by atoms with E-state index < -0.39 is 0 Å². The topological polar surface area (TPSA) is 26.3 Å². The largest absolute Gasteiger partial charge is 0.466 e. The van der Waals surface area contributed by atoms with E-state index in [1.54, 1.807) is 0 Å². The summed E-state index contributed by atoms with van der Waals surface area (Å²) >= 11 is 0. The number of fused-ring (bicyclic) bond motifs is 2. The van der Waals surface area contributed by atoms with Gasteiger partial charge in [-0.25, -0.2) is 4.79 Å². The van der Waals surface area contributed by atoms with Gasteiger partial charge in [-0.3, -0.25) is 0 Å². The third kappa shape index (κ3) is 0.897. The van der Waals surface area contributed by atoms with Gasteiger partial charge in [0.15, 0.2) is 0 Å². The molecule has 2 bridgehead atoms. The number of carbonyl (C=O) groups excluding carboxylic acids is 1. The van der Waals surface area contributed by atoms with E-state index in [1.807, 2.05) is 6.08 Å². The zero-order chi connectivity index (χ0) is 7.84. The maximum atomic E-state index is 11.1. The van der Waals surface area contributed by atoms with Gasteiger partial charge in [-0.2, -0.15) is 0 Å². The molecule has 0 N–H and O–H groups in total. The molecule has 0 unspecified atom stereocenters. The molecule has 0 saturated heterocycles. The fourth-order valence-corrected chi connectivity index (χ4v) is 1.77. The summed E-state index contributed by atoms with van der Waals surface area (Å²) in [5.41, 5.74) is 0.847. The Morgan fingerprint density at radius 3 is 2.91 bits per heavy atom. The summed E-state index contributed by atoms with van der Waals surface area (Å²) in [7, 11) is 1.43. The van der Waals surface area contributed by atoms with Crippen molar-refractivity contribution in [2.24, 2.45) is 11.8 Å². The predicted octanol–water partition coefficient (Wildman–Crippen LogP) is 1.29. The zero-order valence-electron chi connectivity index (χ0n) is 6.41. The summed E-state index contributed by atoms with van der Waals surface area (Å²) in [6.45, 7) is 0. The molecule has 0 fully saturated rings. The van der Waals surface area contributed by atoms with Crippen molar-refractivity contribution in [3.63, 3.8) is 0 Å². The smallest absolute Gasteiger partial charge is 0.334 e. The van der Waals surface area contributed by atoms with Gasteiger partial charge < -0.3 is 4.74 Å². The van der Waals surface area contributed by atoms with Gasteiger partial charge in [0.2, 0.25) is 0 Å². The van der Waals surface area contributed by atoms with E-state index in [0.29, 0.717) is 11.8 Å². The van der Waals surface area contributed by atoms with Gasteiger partial charge in [0, 0.05) is 11.5 Å².